The molecule has 1 unspecified atom stereocenters. The number of nitrogens with two attached hydrogens (primary N) is 1. The van der Waals surface area contributed by atoms with Gasteiger partial charge in [-0.3, -0.25) is 24.1 Å². The molecule has 10 nitrogen and oxygen atoms in total. The van der Waals surface area contributed by atoms with E-state index >= 15 is 0 Å². The Bertz CT molecular complexity index is 856. The molecule has 0 fully saturated rings. The van der Waals surface area contributed by atoms with Gasteiger partial charge in [-0.05, 0) is 5.56 Å². The minimum absolute atomic E-state index is 0.0687. The van der Waals surface area contributed by atoms with E-state index in [0.717, 1.165) is 10.5 Å². The summed E-state index contributed by atoms with van der Waals surface area (Å²) in [6.07, 6.45) is -2.41. The van der Waals surface area contributed by atoms with Crippen LogP contribution in [0.15, 0.2) is 42.5 Å². The van der Waals surface area contributed by atoms with E-state index in [2.05, 4.69) is 10.6 Å². The van der Waals surface area contributed by atoms with E-state index in [-0.39, 0.29) is 19.6 Å². The largest absolute Gasteiger partial charge is 0.490 e. The molecule has 5 N–H and O–H groups in total. The lowest BCUT2D eigenvalue weighted by atomic mass is 10.1. The van der Waals surface area contributed by atoms with E-state index in [0.29, 0.717) is 6.42 Å². The molecular formula is C19H21F3N4O6. The quantitative estimate of drug-likeness (QED) is 0.377. The summed E-state index contributed by atoms with van der Waals surface area (Å²) in [7, 11) is 0. The first kappa shape index (κ1) is 26.3. The maximum Gasteiger partial charge on any atom is 0.490 e. The second-order valence-corrected chi connectivity index (χ2v) is 6.27. The summed E-state index contributed by atoms with van der Waals surface area (Å²) >= 11 is 0. The first-order chi connectivity index (χ1) is 15.0. The monoisotopic (exact) mass is 458 g/mol. The molecule has 1 aliphatic heterocycles. The van der Waals surface area contributed by atoms with E-state index in [1.165, 1.54) is 12.2 Å². The number of halogens is 3. The summed E-state index contributed by atoms with van der Waals surface area (Å²) in [6.45, 7) is -0.0535. The molecule has 4 amide bonds. The topological polar surface area (TPSA) is 159 Å². The Balaban J connectivity index is 0.000000633. The normalized spacial score (nSPS) is 13.8. The number of carbonyl (C=O) groups excluding carboxylic acids is 4. The first-order valence-electron chi connectivity index (χ1n) is 9.10. The summed E-state index contributed by atoms with van der Waals surface area (Å²) in [4.78, 5) is 56.8. The van der Waals surface area contributed by atoms with E-state index < -0.39 is 41.8 Å². The summed E-state index contributed by atoms with van der Waals surface area (Å²) in [5.41, 5.74) is 6.18. The molecule has 0 aliphatic carbocycles. The van der Waals surface area contributed by atoms with Crippen molar-refractivity contribution in [2.45, 2.75) is 18.6 Å². The number of nitrogens with zero attached hydrogens (tertiary/aromatic N) is 1. The van der Waals surface area contributed by atoms with Crippen molar-refractivity contribution in [3.05, 3.63) is 48.0 Å². The highest BCUT2D eigenvalue weighted by Gasteiger charge is 2.38. The fourth-order valence-corrected chi connectivity index (χ4v) is 2.38. The van der Waals surface area contributed by atoms with Gasteiger partial charge in [0.25, 0.3) is 11.8 Å². The van der Waals surface area contributed by atoms with Gasteiger partial charge in [-0.25, -0.2) is 4.79 Å². The number of amides is 4. The van der Waals surface area contributed by atoms with Crippen molar-refractivity contribution in [2.24, 2.45) is 5.73 Å². The molecule has 0 bridgehead atoms. The van der Waals surface area contributed by atoms with Crippen LogP contribution < -0.4 is 16.4 Å². The van der Waals surface area contributed by atoms with Crippen molar-refractivity contribution in [1.29, 1.82) is 0 Å². The van der Waals surface area contributed by atoms with Gasteiger partial charge >= 0.3 is 12.1 Å². The number of aliphatic carboxylic acids is 1. The van der Waals surface area contributed by atoms with Gasteiger partial charge in [0, 0.05) is 31.7 Å². The zero-order valence-electron chi connectivity index (χ0n) is 16.6. The lowest BCUT2D eigenvalue weighted by Gasteiger charge is -2.19. The predicted molar refractivity (Wildman–Crippen MR) is 104 cm³/mol. The molecule has 1 aromatic rings. The van der Waals surface area contributed by atoms with Gasteiger partial charge < -0.3 is 21.5 Å². The smallest absolute Gasteiger partial charge is 0.475 e. The van der Waals surface area contributed by atoms with Crippen LogP contribution in [0.2, 0.25) is 0 Å². The number of carboxylic acids is 1. The molecule has 0 spiro atoms. The average molecular weight is 458 g/mol. The van der Waals surface area contributed by atoms with Crippen molar-refractivity contribution >= 4 is 29.6 Å². The van der Waals surface area contributed by atoms with E-state index in [9.17, 15) is 32.3 Å². The maximum atomic E-state index is 12.4. The van der Waals surface area contributed by atoms with Crippen molar-refractivity contribution in [2.75, 3.05) is 19.6 Å². The number of hydrogen-bond acceptors (Lipinski definition) is 6. The van der Waals surface area contributed by atoms with Gasteiger partial charge in [0.1, 0.15) is 6.04 Å². The summed E-state index contributed by atoms with van der Waals surface area (Å²) in [6, 6.07) is 8.44. The van der Waals surface area contributed by atoms with E-state index in [1.807, 2.05) is 30.3 Å². The number of benzene rings is 1. The van der Waals surface area contributed by atoms with Crippen molar-refractivity contribution in [1.82, 2.24) is 15.5 Å². The van der Waals surface area contributed by atoms with Gasteiger partial charge in [0.2, 0.25) is 11.8 Å². The van der Waals surface area contributed by atoms with Crippen molar-refractivity contribution < 1.29 is 42.3 Å². The summed E-state index contributed by atoms with van der Waals surface area (Å²) in [5.74, 6) is -4.41. The number of imide groups is 1. The van der Waals surface area contributed by atoms with Crippen LogP contribution in [0.3, 0.4) is 0 Å². The molecule has 1 heterocycles. The Labute approximate surface area is 180 Å². The fraction of sp³-hybridized carbons (Fsp3) is 0.316. The van der Waals surface area contributed by atoms with Crippen molar-refractivity contribution in [3.8, 4) is 0 Å². The van der Waals surface area contributed by atoms with Crippen LogP contribution in [-0.4, -0.2) is 71.5 Å². The van der Waals surface area contributed by atoms with Gasteiger partial charge in [-0.15, -0.1) is 0 Å². The first-order valence-corrected chi connectivity index (χ1v) is 9.10. The van der Waals surface area contributed by atoms with Crippen LogP contribution in [0, 0.1) is 0 Å². The number of alkyl halides is 3. The Morgan fingerprint density at radius 3 is 2.06 bits per heavy atom. The highest BCUT2D eigenvalue weighted by molar-refractivity contribution is 6.12. The molecule has 2 rings (SSSR count). The SMILES string of the molecule is NCC(=O)NC(Cc1ccccc1)C(=O)NCCN1C(=O)C=CC1=O.O=C(O)C(F)(F)F. The summed E-state index contributed by atoms with van der Waals surface area (Å²) in [5, 5.41) is 12.3. The lowest BCUT2D eigenvalue weighted by molar-refractivity contribution is -0.192. The Kier molecular flexibility index (Phi) is 10.0. The predicted octanol–water partition coefficient (Wildman–Crippen LogP) is -0.653. The molecular weight excluding hydrogens is 437 g/mol. The van der Waals surface area contributed by atoms with Crippen molar-refractivity contribution in [3.63, 3.8) is 0 Å². The van der Waals surface area contributed by atoms with E-state index in [1.54, 1.807) is 0 Å². The Hall–Kier alpha value is -3.74. The van der Waals surface area contributed by atoms with Crippen LogP contribution in [0.5, 0.6) is 0 Å². The molecule has 13 heteroatoms. The number of carboxylic acid groups (broad SMARTS) is 1. The van der Waals surface area contributed by atoms with Crippen LogP contribution in [0.4, 0.5) is 13.2 Å². The zero-order chi connectivity index (χ0) is 24.3. The number of rotatable bonds is 8. The molecule has 1 aromatic carbocycles. The van der Waals surface area contributed by atoms with Gasteiger partial charge in [0.15, 0.2) is 0 Å². The molecule has 174 valence electrons. The maximum absolute atomic E-state index is 12.4. The van der Waals surface area contributed by atoms with Crippen LogP contribution in [0.25, 0.3) is 0 Å². The minimum Gasteiger partial charge on any atom is -0.475 e. The highest BCUT2D eigenvalue weighted by atomic mass is 19.4. The van der Waals surface area contributed by atoms with Gasteiger partial charge in [0.05, 0.1) is 6.54 Å². The Morgan fingerprint density at radius 2 is 1.59 bits per heavy atom. The second kappa shape index (κ2) is 12.2. The molecule has 0 saturated heterocycles. The molecule has 1 atom stereocenters. The minimum atomic E-state index is -5.08. The Morgan fingerprint density at radius 1 is 1.06 bits per heavy atom. The molecule has 0 aromatic heterocycles. The lowest BCUT2D eigenvalue weighted by Crippen LogP contribution is -2.51. The summed E-state index contributed by atoms with van der Waals surface area (Å²) < 4.78 is 31.7. The fourth-order valence-electron chi connectivity index (χ4n) is 2.38. The van der Waals surface area contributed by atoms with E-state index in [4.69, 9.17) is 15.6 Å². The van der Waals surface area contributed by atoms with Gasteiger partial charge in [-0.1, -0.05) is 30.3 Å². The standard InChI is InChI=1S/C17H20N4O4.C2HF3O2/c18-11-14(22)20-13(10-12-4-2-1-3-5-12)17(25)19-8-9-21-15(23)6-7-16(21)24;3-2(4,5)1(6)7/h1-7,13H,8-11,18H2,(H,19,25)(H,20,22);(H,6,7). The van der Waals surface area contributed by atoms with Crippen LogP contribution in [-0.2, 0) is 30.4 Å². The number of carbonyl (C=O) groups is 5. The molecule has 0 saturated carbocycles. The molecule has 32 heavy (non-hydrogen) atoms. The number of nitrogens with one attached hydrogen (secondary N) is 2. The number of hydrogen-bond donors (Lipinski definition) is 4. The van der Waals surface area contributed by atoms with Crippen LogP contribution in [0.1, 0.15) is 5.56 Å². The van der Waals surface area contributed by atoms with Crippen LogP contribution >= 0.6 is 0 Å². The highest BCUT2D eigenvalue weighted by Crippen LogP contribution is 2.13. The third-order valence-electron chi connectivity index (χ3n) is 3.90. The molecule has 0 radical (unpaired) electrons. The van der Waals surface area contributed by atoms with Gasteiger partial charge in [-0.2, -0.15) is 13.2 Å². The third kappa shape index (κ3) is 8.95. The molecule has 1 aliphatic rings. The average Bonchev–Trinajstić information content (AvgIpc) is 3.05. The second-order valence-electron chi connectivity index (χ2n) is 6.27. The zero-order valence-corrected chi connectivity index (χ0v) is 16.6. The third-order valence-corrected chi connectivity index (χ3v) is 3.90.